The molecule has 0 unspecified atom stereocenters. The summed E-state index contributed by atoms with van der Waals surface area (Å²) < 4.78 is 38.3. The van der Waals surface area contributed by atoms with E-state index >= 15 is 0 Å². The number of hydrogen-bond acceptors (Lipinski definition) is 5. The molecule has 1 heterocycles. The van der Waals surface area contributed by atoms with E-state index in [1.807, 2.05) is 18.2 Å². The number of sulfonamides is 1. The van der Waals surface area contributed by atoms with Gasteiger partial charge in [-0.3, -0.25) is 4.79 Å². The van der Waals surface area contributed by atoms with E-state index in [0.29, 0.717) is 35.4 Å². The minimum absolute atomic E-state index is 0.0545. The van der Waals surface area contributed by atoms with E-state index in [1.165, 1.54) is 16.4 Å². The zero-order valence-electron chi connectivity index (χ0n) is 17.0. The number of nitrogens with zero attached hydrogens (tertiary/aromatic N) is 1. The number of benzene rings is 3. The van der Waals surface area contributed by atoms with Gasteiger partial charge in [-0.05, 0) is 48.5 Å². The number of hydrogen-bond donors (Lipinski definition) is 1. The average molecular weight is 473 g/mol. The maximum atomic E-state index is 12.9. The van der Waals surface area contributed by atoms with Crippen LogP contribution >= 0.6 is 11.6 Å². The fourth-order valence-corrected chi connectivity index (χ4v) is 4.86. The molecule has 1 fully saturated rings. The minimum atomic E-state index is -3.72. The third kappa shape index (κ3) is 5.11. The molecule has 4 rings (SSSR count). The second kappa shape index (κ2) is 9.70. The van der Waals surface area contributed by atoms with Gasteiger partial charge >= 0.3 is 0 Å². The molecule has 0 radical (unpaired) electrons. The number of morpholine rings is 1. The molecule has 9 heteroatoms. The van der Waals surface area contributed by atoms with Crippen molar-refractivity contribution in [3.63, 3.8) is 0 Å². The molecule has 3 aromatic rings. The Morgan fingerprint density at radius 2 is 1.72 bits per heavy atom. The molecule has 1 aliphatic rings. The third-order valence-electron chi connectivity index (χ3n) is 4.86. The van der Waals surface area contributed by atoms with E-state index in [9.17, 15) is 13.2 Å². The highest BCUT2D eigenvalue weighted by atomic mass is 35.5. The number of carbonyl (C=O) groups excluding carboxylic acids is 1. The van der Waals surface area contributed by atoms with Crippen molar-refractivity contribution in [3.05, 3.63) is 83.4 Å². The van der Waals surface area contributed by atoms with E-state index in [2.05, 4.69) is 5.32 Å². The van der Waals surface area contributed by atoms with Crippen LogP contribution in [0.4, 0.5) is 5.69 Å². The molecule has 1 N–H and O–H groups in total. The van der Waals surface area contributed by atoms with Gasteiger partial charge in [0.1, 0.15) is 5.75 Å². The molecular weight excluding hydrogens is 452 g/mol. The second-order valence-electron chi connectivity index (χ2n) is 7.05. The highest BCUT2D eigenvalue weighted by Gasteiger charge is 2.27. The number of halogens is 1. The molecule has 7 nitrogen and oxygen atoms in total. The second-order valence-corrected chi connectivity index (χ2v) is 9.43. The van der Waals surface area contributed by atoms with Crippen molar-refractivity contribution in [2.75, 3.05) is 31.6 Å². The summed E-state index contributed by atoms with van der Waals surface area (Å²) in [5.74, 6) is 0.527. The summed E-state index contributed by atoms with van der Waals surface area (Å²) in [6.07, 6.45) is 0. The molecular formula is C23H21ClN2O5S. The topological polar surface area (TPSA) is 84.9 Å². The smallest absolute Gasteiger partial charge is 0.255 e. The summed E-state index contributed by atoms with van der Waals surface area (Å²) in [4.78, 5) is 13.0. The lowest BCUT2D eigenvalue weighted by Gasteiger charge is -2.26. The number of amides is 1. The number of nitrogens with one attached hydrogen (secondary N) is 1. The molecule has 0 bridgehead atoms. The van der Waals surface area contributed by atoms with Gasteiger partial charge in [-0.1, -0.05) is 35.9 Å². The van der Waals surface area contributed by atoms with Crippen LogP contribution in [-0.4, -0.2) is 44.9 Å². The van der Waals surface area contributed by atoms with Gasteiger partial charge in [0.05, 0.1) is 23.8 Å². The molecule has 1 amide bonds. The van der Waals surface area contributed by atoms with Crippen LogP contribution in [0.25, 0.3) is 0 Å². The first-order valence-corrected chi connectivity index (χ1v) is 11.8. The van der Waals surface area contributed by atoms with E-state index < -0.39 is 15.9 Å². The van der Waals surface area contributed by atoms with Gasteiger partial charge in [0, 0.05) is 23.7 Å². The van der Waals surface area contributed by atoms with Crippen LogP contribution in [0.2, 0.25) is 5.02 Å². The monoisotopic (exact) mass is 472 g/mol. The van der Waals surface area contributed by atoms with Crippen molar-refractivity contribution in [3.8, 4) is 11.5 Å². The van der Waals surface area contributed by atoms with Gasteiger partial charge in [0.15, 0.2) is 5.75 Å². The number of rotatable bonds is 6. The Balaban J connectivity index is 1.57. The number of carbonyl (C=O) groups is 1. The lowest BCUT2D eigenvalue weighted by atomic mass is 10.2. The Kier molecular flexibility index (Phi) is 6.76. The van der Waals surface area contributed by atoms with E-state index in [-0.39, 0.29) is 23.5 Å². The van der Waals surface area contributed by atoms with Crippen molar-refractivity contribution in [2.45, 2.75) is 4.90 Å². The number of para-hydroxylation sites is 1. The van der Waals surface area contributed by atoms with Crippen LogP contribution in [0, 0.1) is 0 Å². The summed E-state index contributed by atoms with van der Waals surface area (Å²) in [5, 5.41) is 3.19. The molecule has 1 saturated heterocycles. The van der Waals surface area contributed by atoms with Crippen LogP contribution < -0.4 is 10.1 Å². The SMILES string of the molecule is O=C(Nc1cc(Cl)ccc1Oc1ccccc1)c1cccc(S(=O)(=O)N2CCOCC2)c1. The molecule has 166 valence electrons. The summed E-state index contributed by atoms with van der Waals surface area (Å²) in [7, 11) is -3.72. The summed E-state index contributed by atoms with van der Waals surface area (Å²) in [6, 6.07) is 20.0. The van der Waals surface area contributed by atoms with Crippen LogP contribution in [0.15, 0.2) is 77.7 Å². The molecule has 0 spiro atoms. The molecule has 3 aromatic carbocycles. The Bertz CT molecular complexity index is 1210. The standard InChI is InChI=1S/C23H21ClN2O5S/c24-18-9-10-22(31-19-6-2-1-3-7-19)21(16-18)25-23(27)17-5-4-8-20(15-17)32(28,29)26-11-13-30-14-12-26/h1-10,15-16H,11-14H2,(H,25,27). The van der Waals surface area contributed by atoms with Gasteiger partial charge in [-0.2, -0.15) is 4.31 Å². The number of ether oxygens (including phenoxy) is 2. The maximum Gasteiger partial charge on any atom is 0.255 e. The largest absolute Gasteiger partial charge is 0.455 e. The third-order valence-corrected chi connectivity index (χ3v) is 6.99. The zero-order valence-corrected chi connectivity index (χ0v) is 18.6. The Morgan fingerprint density at radius 1 is 0.969 bits per heavy atom. The first kappa shape index (κ1) is 22.3. The van der Waals surface area contributed by atoms with Gasteiger partial charge in [-0.15, -0.1) is 0 Å². The fraction of sp³-hybridized carbons (Fsp3) is 0.174. The summed E-state index contributed by atoms with van der Waals surface area (Å²) in [6.45, 7) is 1.25. The van der Waals surface area contributed by atoms with Crippen molar-refractivity contribution < 1.29 is 22.7 Å². The Hall–Kier alpha value is -2.91. The lowest BCUT2D eigenvalue weighted by Crippen LogP contribution is -2.40. The summed E-state index contributed by atoms with van der Waals surface area (Å²) >= 11 is 6.12. The lowest BCUT2D eigenvalue weighted by molar-refractivity contribution is 0.0730. The first-order valence-electron chi connectivity index (χ1n) is 9.95. The van der Waals surface area contributed by atoms with Crippen LogP contribution in [0.5, 0.6) is 11.5 Å². The highest BCUT2D eigenvalue weighted by Crippen LogP contribution is 2.32. The fourth-order valence-electron chi connectivity index (χ4n) is 3.23. The van der Waals surface area contributed by atoms with Gasteiger partial charge in [0.2, 0.25) is 10.0 Å². The van der Waals surface area contributed by atoms with Crippen molar-refractivity contribution in [1.82, 2.24) is 4.31 Å². The first-order chi connectivity index (χ1) is 15.4. The molecule has 32 heavy (non-hydrogen) atoms. The normalized spacial score (nSPS) is 14.7. The Morgan fingerprint density at radius 3 is 2.47 bits per heavy atom. The van der Waals surface area contributed by atoms with Crippen LogP contribution in [-0.2, 0) is 14.8 Å². The maximum absolute atomic E-state index is 12.9. The van der Waals surface area contributed by atoms with Crippen molar-refractivity contribution in [2.24, 2.45) is 0 Å². The predicted molar refractivity (Wildman–Crippen MR) is 122 cm³/mol. The number of anilines is 1. The predicted octanol–water partition coefficient (Wildman–Crippen LogP) is 4.41. The van der Waals surface area contributed by atoms with Crippen LogP contribution in [0.1, 0.15) is 10.4 Å². The van der Waals surface area contributed by atoms with E-state index in [1.54, 1.807) is 42.5 Å². The van der Waals surface area contributed by atoms with Gasteiger partial charge < -0.3 is 14.8 Å². The molecule has 0 aromatic heterocycles. The van der Waals surface area contributed by atoms with E-state index in [0.717, 1.165) is 0 Å². The van der Waals surface area contributed by atoms with E-state index in [4.69, 9.17) is 21.1 Å². The van der Waals surface area contributed by atoms with Gasteiger partial charge in [0.25, 0.3) is 5.91 Å². The van der Waals surface area contributed by atoms with Crippen molar-refractivity contribution in [1.29, 1.82) is 0 Å². The van der Waals surface area contributed by atoms with Gasteiger partial charge in [-0.25, -0.2) is 8.42 Å². The molecule has 0 atom stereocenters. The molecule has 1 aliphatic heterocycles. The van der Waals surface area contributed by atoms with Crippen molar-refractivity contribution >= 4 is 33.2 Å². The zero-order chi connectivity index (χ0) is 22.6. The summed E-state index contributed by atoms with van der Waals surface area (Å²) in [5.41, 5.74) is 0.567. The average Bonchev–Trinajstić information content (AvgIpc) is 2.82. The minimum Gasteiger partial charge on any atom is -0.455 e. The Labute approximate surface area is 191 Å². The van der Waals surface area contributed by atoms with Crippen LogP contribution in [0.3, 0.4) is 0 Å². The molecule has 0 saturated carbocycles. The molecule has 0 aliphatic carbocycles. The quantitative estimate of drug-likeness (QED) is 0.574. The highest BCUT2D eigenvalue weighted by molar-refractivity contribution is 7.89.